The van der Waals surface area contributed by atoms with Gasteiger partial charge in [-0.3, -0.25) is 14.4 Å². The van der Waals surface area contributed by atoms with Gasteiger partial charge in [0.25, 0.3) is 5.91 Å². The molecular formula is C25H22FN3O5S. The van der Waals surface area contributed by atoms with Gasteiger partial charge in [0.05, 0.1) is 17.0 Å². The van der Waals surface area contributed by atoms with E-state index in [1.54, 1.807) is 30.3 Å². The van der Waals surface area contributed by atoms with Crippen molar-refractivity contribution in [1.29, 1.82) is 0 Å². The largest absolute Gasteiger partial charge is 0.326 e. The molecule has 1 fully saturated rings. The topological polar surface area (TPSA) is 104 Å². The Labute approximate surface area is 202 Å². The van der Waals surface area contributed by atoms with Gasteiger partial charge in [0.2, 0.25) is 21.8 Å². The highest BCUT2D eigenvalue weighted by atomic mass is 32.2. The zero-order chi connectivity index (χ0) is 25.2. The number of hydrogen-bond acceptors (Lipinski definition) is 5. The number of amides is 3. The lowest BCUT2D eigenvalue weighted by molar-refractivity contribution is -0.122. The van der Waals surface area contributed by atoms with Crippen LogP contribution >= 0.6 is 0 Å². The first-order valence-corrected chi connectivity index (χ1v) is 12.2. The molecule has 1 aliphatic heterocycles. The highest BCUT2D eigenvalue weighted by Gasteiger charge is 2.47. The van der Waals surface area contributed by atoms with Gasteiger partial charge in [-0.15, -0.1) is 0 Å². The molecule has 1 N–H and O–H groups in total. The molecule has 8 nitrogen and oxygen atoms in total. The van der Waals surface area contributed by atoms with Crippen LogP contribution < -0.4 is 10.2 Å². The molecule has 1 unspecified atom stereocenters. The number of rotatable bonds is 7. The second kappa shape index (κ2) is 9.77. The molecule has 10 heteroatoms. The average Bonchev–Trinajstić information content (AvgIpc) is 3.12. The van der Waals surface area contributed by atoms with Crippen LogP contribution in [0.4, 0.5) is 15.8 Å². The van der Waals surface area contributed by atoms with Crippen molar-refractivity contribution in [2.75, 3.05) is 10.2 Å². The Balaban J connectivity index is 1.69. The average molecular weight is 496 g/mol. The van der Waals surface area contributed by atoms with E-state index in [4.69, 9.17) is 0 Å². The Morgan fingerprint density at radius 1 is 1.00 bits per heavy atom. The fraction of sp³-hybridized carbons (Fsp3) is 0.160. The normalized spacial score (nSPS) is 16.1. The summed E-state index contributed by atoms with van der Waals surface area (Å²) in [5, 5.41) is 2.60. The van der Waals surface area contributed by atoms with Gasteiger partial charge in [-0.2, -0.15) is 4.31 Å². The molecule has 1 aliphatic rings. The van der Waals surface area contributed by atoms with Crippen LogP contribution in [0.2, 0.25) is 0 Å². The van der Waals surface area contributed by atoms with Crippen molar-refractivity contribution in [3.8, 4) is 0 Å². The summed E-state index contributed by atoms with van der Waals surface area (Å²) in [6, 6.07) is 17.7. The van der Waals surface area contributed by atoms with Crippen LogP contribution in [0.3, 0.4) is 0 Å². The summed E-state index contributed by atoms with van der Waals surface area (Å²) in [4.78, 5) is 38.5. The maximum Gasteiger partial charge on any atom is 0.252 e. The summed E-state index contributed by atoms with van der Waals surface area (Å²) in [6.45, 7) is 1.13. The van der Waals surface area contributed by atoms with E-state index in [2.05, 4.69) is 5.32 Å². The predicted molar refractivity (Wildman–Crippen MR) is 127 cm³/mol. The summed E-state index contributed by atoms with van der Waals surface area (Å²) >= 11 is 0. The van der Waals surface area contributed by atoms with Crippen LogP contribution in [0.1, 0.15) is 18.9 Å². The Bertz CT molecular complexity index is 1360. The van der Waals surface area contributed by atoms with Gasteiger partial charge in [0.1, 0.15) is 11.9 Å². The van der Waals surface area contributed by atoms with Gasteiger partial charge < -0.3 is 5.32 Å². The monoisotopic (exact) mass is 495 g/mol. The highest BCUT2D eigenvalue weighted by Crippen LogP contribution is 2.31. The first-order chi connectivity index (χ1) is 16.7. The molecule has 0 bridgehead atoms. The molecule has 1 saturated heterocycles. The lowest BCUT2D eigenvalue weighted by atomic mass is 10.2. The van der Waals surface area contributed by atoms with Crippen molar-refractivity contribution in [1.82, 2.24) is 4.31 Å². The van der Waals surface area contributed by atoms with E-state index in [1.165, 1.54) is 55.5 Å². The van der Waals surface area contributed by atoms with Crippen molar-refractivity contribution in [3.63, 3.8) is 0 Å². The summed E-state index contributed by atoms with van der Waals surface area (Å²) in [5.41, 5.74) is 1.21. The molecule has 1 atom stereocenters. The van der Waals surface area contributed by atoms with Crippen molar-refractivity contribution < 1.29 is 27.2 Å². The Kier molecular flexibility index (Phi) is 6.77. The van der Waals surface area contributed by atoms with Crippen molar-refractivity contribution in [2.45, 2.75) is 30.8 Å². The number of imide groups is 1. The van der Waals surface area contributed by atoms with Crippen LogP contribution in [-0.4, -0.2) is 36.5 Å². The van der Waals surface area contributed by atoms with Crippen molar-refractivity contribution in [3.05, 3.63) is 90.2 Å². The molecule has 1 heterocycles. The lowest BCUT2D eigenvalue weighted by Crippen LogP contribution is -2.45. The Morgan fingerprint density at radius 2 is 1.63 bits per heavy atom. The minimum atomic E-state index is -4.18. The second-order valence-electron chi connectivity index (χ2n) is 8.01. The standard InChI is InChI=1S/C25H22FN3O5S/c1-17(30)27-20-11-13-21(14-12-20)29-24(31)15-23(25(29)32)28(16-18-7-9-19(26)10-8-18)35(33,34)22-5-3-2-4-6-22/h2-14,23H,15-16H2,1H3,(H,27,30). The zero-order valence-electron chi connectivity index (χ0n) is 18.7. The summed E-state index contributed by atoms with van der Waals surface area (Å²) in [6.07, 6.45) is -0.348. The molecule has 3 aromatic rings. The SMILES string of the molecule is CC(=O)Nc1ccc(N2C(=O)CC(N(Cc3ccc(F)cc3)S(=O)(=O)c3ccccc3)C2=O)cc1. The fourth-order valence-electron chi connectivity index (χ4n) is 3.87. The van der Waals surface area contributed by atoms with Gasteiger partial charge in [0, 0.05) is 19.2 Å². The molecule has 3 amide bonds. The van der Waals surface area contributed by atoms with Crippen LogP contribution in [-0.2, 0) is 31.0 Å². The van der Waals surface area contributed by atoms with E-state index in [9.17, 15) is 27.2 Å². The maximum absolute atomic E-state index is 13.6. The van der Waals surface area contributed by atoms with Crippen molar-refractivity contribution >= 4 is 39.1 Å². The minimum absolute atomic E-state index is 0.0273. The number of benzene rings is 3. The van der Waals surface area contributed by atoms with E-state index in [1.807, 2.05) is 0 Å². The van der Waals surface area contributed by atoms with Gasteiger partial charge in [-0.05, 0) is 54.1 Å². The second-order valence-corrected chi connectivity index (χ2v) is 9.90. The molecule has 0 aromatic heterocycles. The van der Waals surface area contributed by atoms with Crippen LogP contribution in [0.25, 0.3) is 0 Å². The molecular weight excluding hydrogens is 473 g/mol. The number of anilines is 2. The van der Waals surface area contributed by atoms with Gasteiger partial charge >= 0.3 is 0 Å². The molecule has 180 valence electrons. The number of halogens is 1. The number of nitrogens with zero attached hydrogens (tertiary/aromatic N) is 2. The predicted octanol–water partition coefficient (Wildman–Crippen LogP) is 3.31. The molecule has 35 heavy (non-hydrogen) atoms. The molecule has 0 spiro atoms. The first-order valence-electron chi connectivity index (χ1n) is 10.7. The summed E-state index contributed by atoms with van der Waals surface area (Å²) < 4.78 is 41.5. The van der Waals surface area contributed by atoms with Crippen molar-refractivity contribution in [2.24, 2.45) is 0 Å². The number of sulfonamides is 1. The van der Waals surface area contributed by atoms with Gasteiger partial charge in [-0.25, -0.2) is 17.7 Å². The lowest BCUT2D eigenvalue weighted by Gasteiger charge is -2.27. The Morgan fingerprint density at radius 3 is 2.23 bits per heavy atom. The number of carbonyl (C=O) groups excluding carboxylic acids is 3. The third kappa shape index (κ3) is 5.13. The Hall–Kier alpha value is -3.89. The quantitative estimate of drug-likeness (QED) is 0.507. The molecule has 0 saturated carbocycles. The fourth-order valence-corrected chi connectivity index (χ4v) is 5.46. The molecule has 3 aromatic carbocycles. The third-order valence-electron chi connectivity index (χ3n) is 5.52. The van der Waals surface area contributed by atoms with Crippen LogP contribution in [0.15, 0.2) is 83.8 Å². The van der Waals surface area contributed by atoms with E-state index in [0.717, 1.165) is 9.21 Å². The number of hydrogen-bond donors (Lipinski definition) is 1. The molecule has 0 radical (unpaired) electrons. The summed E-state index contributed by atoms with van der Waals surface area (Å²) in [7, 11) is -4.18. The molecule has 4 rings (SSSR count). The van der Waals surface area contributed by atoms with E-state index < -0.39 is 33.7 Å². The highest BCUT2D eigenvalue weighted by molar-refractivity contribution is 7.89. The first kappa shape index (κ1) is 24.2. The van der Waals surface area contributed by atoms with E-state index in [-0.39, 0.29) is 29.5 Å². The van der Waals surface area contributed by atoms with Gasteiger partial charge in [0.15, 0.2) is 0 Å². The third-order valence-corrected chi connectivity index (χ3v) is 7.39. The maximum atomic E-state index is 13.6. The number of nitrogens with one attached hydrogen (secondary N) is 1. The van der Waals surface area contributed by atoms with Crippen LogP contribution in [0, 0.1) is 5.82 Å². The van der Waals surface area contributed by atoms with Gasteiger partial charge in [-0.1, -0.05) is 30.3 Å². The van der Waals surface area contributed by atoms with E-state index in [0.29, 0.717) is 11.3 Å². The minimum Gasteiger partial charge on any atom is -0.326 e. The molecule has 0 aliphatic carbocycles. The van der Waals surface area contributed by atoms with Crippen LogP contribution in [0.5, 0.6) is 0 Å². The number of carbonyl (C=O) groups is 3. The summed E-state index contributed by atoms with van der Waals surface area (Å²) in [5.74, 6) is -2.00. The smallest absolute Gasteiger partial charge is 0.252 e. The zero-order valence-corrected chi connectivity index (χ0v) is 19.5. The van der Waals surface area contributed by atoms with E-state index >= 15 is 0 Å².